The van der Waals surface area contributed by atoms with E-state index in [-0.39, 0.29) is 23.9 Å². The number of nitrogens with two attached hydrogens (primary N) is 1. The number of aliphatic hydroxyl groups excluding tert-OH is 4. The summed E-state index contributed by atoms with van der Waals surface area (Å²) in [6.07, 6.45) is -9.49. The van der Waals surface area contributed by atoms with Gasteiger partial charge in [-0.3, -0.25) is 28.7 Å². The summed E-state index contributed by atoms with van der Waals surface area (Å²) in [7, 11) is 0. The predicted octanol–water partition coefficient (Wildman–Crippen LogP) is -4.38. The number of hydrogen-bond acceptors (Lipinski definition) is 11. The van der Waals surface area contributed by atoms with Crippen molar-refractivity contribution in [2.75, 3.05) is 0 Å². The normalized spacial score (nSPS) is 35.3. The van der Waals surface area contributed by atoms with Crippen molar-refractivity contribution in [3.63, 3.8) is 0 Å². The zero-order valence-electron chi connectivity index (χ0n) is 21.5. The van der Waals surface area contributed by atoms with Crippen molar-refractivity contribution >= 4 is 17.7 Å². The van der Waals surface area contributed by atoms with E-state index >= 15 is 0 Å². The molecule has 16 heteroatoms. The molecule has 4 rings (SSSR count). The average molecular weight is 568 g/mol. The van der Waals surface area contributed by atoms with E-state index in [4.69, 9.17) is 15.2 Å². The van der Waals surface area contributed by atoms with Crippen molar-refractivity contribution in [3.8, 4) is 0 Å². The van der Waals surface area contributed by atoms with E-state index in [2.05, 4.69) is 10.6 Å². The van der Waals surface area contributed by atoms with Crippen LogP contribution in [0.4, 0.5) is 0 Å². The van der Waals surface area contributed by atoms with Crippen molar-refractivity contribution in [3.05, 3.63) is 44.8 Å². The number of aromatic nitrogens is 2. The van der Waals surface area contributed by atoms with E-state index in [1.54, 1.807) is 0 Å². The number of rotatable bonds is 7. The quantitative estimate of drug-likeness (QED) is 0.156. The van der Waals surface area contributed by atoms with Gasteiger partial charge in [0.2, 0.25) is 17.7 Å². The molecule has 3 heterocycles. The third-order valence-electron chi connectivity index (χ3n) is 7.26. The van der Waals surface area contributed by atoms with Gasteiger partial charge < -0.3 is 46.3 Å². The van der Waals surface area contributed by atoms with Gasteiger partial charge in [-0.1, -0.05) is 0 Å². The van der Waals surface area contributed by atoms with Crippen LogP contribution in [0.1, 0.15) is 38.8 Å². The first-order chi connectivity index (χ1) is 18.9. The lowest BCUT2D eigenvalue weighted by Crippen LogP contribution is -2.53. The number of hydrogen-bond donors (Lipinski definition) is 8. The lowest BCUT2D eigenvalue weighted by molar-refractivity contribution is -0.174. The van der Waals surface area contributed by atoms with Gasteiger partial charge in [0.1, 0.15) is 36.6 Å². The Labute approximate surface area is 226 Å². The number of ether oxygens (including phenoxy) is 2. The smallest absolute Gasteiger partial charge is 0.330 e. The van der Waals surface area contributed by atoms with Crippen LogP contribution in [0, 0.1) is 0 Å². The highest BCUT2D eigenvalue weighted by Crippen LogP contribution is 2.33. The zero-order valence-corrected chi connectivity index (χ0v) is 21.5. The Morgan fingerprint density at radius 2 is 1.88 bits per heavy atom. The maximum atomic E-state index is 13.0. The first-order valence-electron chi connectivity index (χ1n) is 12.8. The maximum Gasteiger partial charge on any atom is 0.330 e. The summed E-state index contributed by atoms with van der Waals surface area (Å²) in [5.74, 6) is -2.20. The van der Waals surface area contributed by atoms with E-state index in [9.17, 15) is 44.4 Å². The van der Waals surface area contributed by atoms with Crippen LogP contribution in [0.3, 0.4) is 0 Å². The summed E-state index contributed by atoms with van der Waals surface area (Å²) in [6.45, 7) is 1.85. The SMILES string of the molecule is CC1CCCC(NC(=O)C2=CC(O)C(O)C(OC(C(N)=O)C3OC(n4ccc(=O)[nH]c4=O)C(O)C3O)C2)C(=O)N1. The largest absolute Gasteiger partial charge is 0.387 e. The number of aliphatic hydroxyl groups is 4. The Bertz CT molecular complexity index is 1280. The molecule has 0 saturated carbocycles. The fourth-order valence-corrected chi connectivity index (χ4v) is 5.08. The molecule has 40 heavy (non-hydrogen) atoms. The number of nitrogens with one attached hydrogen (secondary N) is 3. The monoisotopic (exact) mass is 567 g/mol. The van der Waals surface area contributed by atoms with Crippen molar-refractivity contribution in [1.29, 1.82) is 0 Å². The molecule has 0 aromatic carbocycles. The second-order valence-electron chi connectivity index (χ2n) is 10.2. The Kier molecular flexibility index (Phi) is 8.86. The predicted molar refractivity (Wildman–Crippen MR) is 133 cm³/mol. The number of amides is 3. The highest BCUT2D eigenvalue weighted by Gasteiger charge is 2.51. The summed E-state index contributed by atoms with van der Waals surface area (Å²) >= 11 is 0. The molecular formula is C24H33N5O11. The first kappa shape index (κ1) is 29.6. The van der Waals surface area contributed by atoms with Crippen molar-refractivity contribution in [1.82, 2.24) is 20.2 Å². The Morgan fingerprint density at radius 3 is 2.55 bits per heavy atom. The van der Waals surface area contributed by atoms with Gasteiger partial charge in [0.15, 0.2) is 12.3 Å². The van der Waals surface area contributed by atoms with Gasteiger partial charge in [-0.05, 0) is 32.3 Å². The van der Waals surface area contributed by atoms with E-state index in [0.29, 0.717) is 12.8 Å². The van der Waals surface area contributed by atoms with Gasteiger partial charge in [0.25, 0.3) is 5.56 Å². The molecule has 2 fully saturated rings. The molecule has 1 aliphatic carbocycles. The summed E-state index contributed by atoms with van der Waals surface area (Å²) < 4.78 is 12.0. The van der Waals surface area contributed by atoms with Crippen molar-refractivity contribution in [2.45, 2.75) is 93.6 Å². The number of carbonyl (C=O) groups is 3. The van der Waals surface area contributed by atoms with E-state index < -0.39 is 78.1 Å². The second kappa shape index (κ2) is 12.0. The topological polar surface area (TPSA) is 256 Å². The number of H-pyrrole nitrogens is 1. The zero-order chi connectivity index (χ0) is 29.3. The number of aromatic amines is 1. The molecule has 2 saturated heterocycles. The van der Waals surface area contributed by atoms with Gasteiger partial charge in [-0.25, -0.2) is 4.79 Å². The molecule has 3 aliphatic rings. The van der Waals surface area contributed by atoms with Gasteiger partial charge in [0.05, 0.1) is 6.10 Å². The third-order valence-corrected chi connectivity index (χ3v) is 7.26. The standard InChI is InChI=1S/C24H33N5O11/c1-9-3-2-4-11(22(37)26-9)27-21(36)10-7-12(30)15(32)13(8-10)39-19(20(25)35)18-16(33)17(34)23(40-18)29-6-5-14(31)28-24(29)38/h5-7,9,11-13,15-19,23,30,32-34H,2-4,8H2,1H3,(H2,25,35)(H,26,37)(H,27,36)(H,28,31,38). The van der Waals surface area contributed by atoms with Gasteiger partial charge in [-0.2, -0.15) is 0 Å². The molecule has 10 unspecified atom stereocenters. The molecule has 9 N–H and O–H groups in total. The third kappa shape index (κ3) is 6.16. The minimum Gasteiger partial charge on any atom is -0.387 e. The summed E-state index contributed by atoms with van der Waals surface area (Å²) in [6, 6.07) is 0.131. The maximum absolute atomic E-state index is 13.0. The Morgan fingerprint density at radius 1 is 1.15 bits per heavy atom. The Hall–Kier alpha value is -3.41. The van der Waals surface area contributed by atoms with E-state index in [1.165, 1.54) is 0 Å². The second-order valence-corrected chi connectivity index (χ2v) is 10.2. The average Bonchev–Trinajstić information content (AvgIpc) is 3.06. The summed E-state index contributed by atoms with van der Waals surface area (Å²) in [4.78, 5) is 63.3. The van der Waals surface area contributed by atoms with Crippen molar-refractivity contribution in [2.24, 2.45) is 5.73 Å². The summed E-state index contributed by atoms with van der Waals surface area (Å²) in [5, 5.41) is 47.5. The highest BCUT2D eigenvalue weighted by molar-refractivity contribution is 5.97. The van der Waals surface area contributed by atoms with Crippen LogP contribution < -0.4 is 27.6 Å². The van der Waals surface area contributed by atoms with Crippen LogP contribution in [-0.4, -0.2) is 103 Å². The van der Waals surface area contributed by atoms with Gasteiger partial charge in [-0.15, -0.1) is 0 Å². The molecule has 0 radical (unpaired) electrons. The number of nitrogens with zero attached hydrogens (tertiary/aromatic N) is 1. The van der Waals surface area contributed by atoms with Crippen LogP contribution in [-0.2, 0) is 23.9 Å². The van der Waals surface area contributed by atoms with Gasteiger partial charge >= 0.3 is 5.69 Å². The molecular weight excluding hydrogens is 534 g/mol. The lowest BCUT2D eigenvalue weighted by Gasteiger charge is -2.35. The molecule has 1 aromatic rings. The molecule has 16 nitrogen and oxygen atoms in total. The molecule has 0 bridgehead atoms. The highest BCUT2D eigenvalue weighted by atomic mass is 16.6. The molecule has 2 aliphatic heterocycles. The van der Waals surface area contributed by atoms with Crippen LogP contribution in [0.2, 0.25) is 0 Å². The molecule has 10 atom stereocenters. The van der Waals surface area contributed by atoms with E-state index in [0.717, 1.165) is 29.3 Å². The first-order valence-corrected chi connectivity index (χ1v) is 12.8. The lowest BCUT2D eigenvalue weighted by atomic mass is 9.90. The van der Waals surface area contributed by atoms with Crippen LogP contribution in [0.5, 0.6) is 0 Å². The summed E-state index contributed by atoms with van der Waals surface area (Å²) in [5.41, 5.74) is 3.79. The van der Waals surface area contributed by atoms with Crippen LogP contribution in [0.25, 0.3) is 0 Å². The fourth-order valence-electron chi connectivity index (χ4n) is 5.08. The Balaban J connectivity index is 1.49. The minimum absolute atomic E-state index is 0.0262. The fraction of sp³-hybridized carbons (Fsp3) is 0.625. The van der Waals surface area contributed by atoms with Crippen molar-refractivity contribution < 1.29 is 44.3 Å². The molecule has 3 amide bonds. The number of carbonyl (C=O) groups excluding carboxylic acids is 3. The van der Waals surface area contributed by atoms with E-state index in [1.807, 2.05) is 11.9 Å². The van der Waals surface area contributed by atoms with Crippen LogP contribution >= 0.6 is 0 Å². The number of primary amides is 1. The van der Waals surface area contributed by atoms with Gasteiger partial charge in [0, 0.05) is 30.3 Å². The van der Waals surface area contributed by atoms with Crippen LogP contribution in [0.15, 0.2) is 33.5 Å². The minimum atomic E-state index is -1.81. The molecule has 220 valence electrons. The molecule has 1 aromatic heterocycles. The molecule has 0 spiro atoms.